The molecule has 0 atom stereocenters. The number of nitrogens with one attached hydrogen (secondary N) is 1. The zero-order valence-electron chi connectivity index (χ0n) is 16.7. The van der Waals surface area contributed by atoms with Crippen LogP contribution >= 0.6 is 0 Å². The molecule has 2 aromatic heterocycles. The molecule has 2 aromatic carbocycles. The third-order valence-electron chi connectivity index (χ3n) is 4.87. The first-order valence-electron chi connectivity index (χ1n) is 10.1. The number of nitrogens with zero attached hydrogens (tertiary/aromatic N) is 3. The van der Waals surface area contributed by atoms with Gasteiger partial charge in [0.2, 0.25) is 0 Å². The Kier molecular flexibility index (Phi) is 6.35. The average Bonchev–Trinajstić information content (AvgIpc) is 3.16. The van der Waals surface area contributed by atoms with Crippen molar-refractivity contribution >= 4 is 16.9 Å². The topological polar surface area (TPSA) is 69.0 Å². The number of hydrogen-bond acceptors (Lipinski definition) is 4. The number of aryl methyl sites for hydroxylation is 1. The molecule has 0 aliphatic carbocycles. The second kappa shape index (κ2) is 9.69. The van der Waals surface area contributed by atoms with Crippen LogP contribution in [0, 0.1) is 0 Å². The van der Waals surface area contributed by atoms with Gasteiger partial charge in [0, 0.05) is 24.5 Å². The normalized spacial score (nSPS) is 10.8. The highest BCUT2D eigenvalue weighted by Crippen LogP contribution is 2.17. The Balaban J connectivity index is 1.38. The fraction of sp³-hybridized carbons (Fsp3) is 0.208. The van der Waals surface area contributed by atoms with Gasteiger partial charge in [-0.15, -0.1) is 0 Å². The minimum absolute atomic E-state index is 0.132. The molecule has 6 nitrogen and oxygen atoms in total. The Hall–Kier alpha value is -3.67. The maximum atomic E-state index is 12.4. The number of hydrogen-bond donors (Lipinski definition) is 1. The fourth-order valence-electron chi connectivity index (χ4n) is 3.35. The van der Waals surface area contributed by atoms with E-state index in [1.54, 1.807) is 24.5 Å². The van der Waals surface area contributed by atoms with E-state index < -0.39 is 0 Å². The highest BCUT2D eigenvalue weighted by atomic mass is 16.5. The van der Waals surface area contributed by atoms with Crippen molar-refractivity contribution < 1.29 is 9.53 Å². The highest BCUT2D eigenvalue weighted by Gasteiger charge is 2.12. The van der Waals surface area contributed by atoms with Crippen LogP contribution in [0.5, 0.6) is 5.75 Å². The van der Waals surface area contributed by atoms with E-state index in [1.165, 1.54) is 0 Å². The van der Waals surface area contributed by atoms with Gasteiger partial charge in [-0.25, -0.2) is 4.98 Å². The van der Waals surface area contributed by atoms with Gasteiger partial charge in [-0.1, -0.05) is 30.3 Å². The summed E-state index contributed by atoms with van der Waals surface area (Å²) in [6.07, 6.45) is 5.12. The molecular weight excluding hydrogens is 376 g/mol. The highest BCUT2D eigenvalue weighted by molar-refractivity contribution is 5.93. The van der Waals surface area contributed by atoms with Crippen molar-refractivity contribution in [3.63, 3.8) is 0 Å². The Morgan fingerprint density at radius 1 is 0.933 bits per heavy atom. The number of carbonyl (C=O) groups is 1. The first-order chi connectivity index (χ1) is 14.8. The molecule has 4 rings (SSSR count). The van der Waals surface area contributed by atoms with Crippen molar-refractivity contribution in [1.82, 2.24) is 19.9 Å². The van der Waals surface area contributed by atoms with Crippen LogP contribution in [0.15, 0.2) is 79.1 Å². The van der Waals surface area contributed by atoms with Crippen molar-refractivity contribution in [1.29, 1.82) is 0 Å². The van der Waals surface area contributed by atoms with Crippen molar-refractivity contribution in [3.05, 3.63) is 90.5 Å². The zero-order chi connectivity index (χ0) is 20.6. The van der Waals surface area contributed by atoms with E-state index in [2.05, 4.69) is 20.9 Å². The van der Waals surface area contributed by atoms with Gasteiger partial charge in [-0.3, -0.25) is 9.78 Å². The number of unbranched alkanes of at least 4 members (excludes halogenated alkanes) is 1. The molecule has 6 heteroatoms. The van der Waals surface area contributed by atoms with Crippen LogP contribution in [-0.4, -0.2) is 27.0 Å². The molecule has 0 unspecified atom stereocenters. The lowest BCUT2D eigenvalue weighted by molar-refractivity contribution is 0.0949. The third-order valence-corrected chi connectivity index (χ3v) is 4.87. The second-order valence-electron chi connectivity index (χ2n) is 6.96. The van der Waals surface area contributed by atoms with Crippen molar-refractivity contribution in [3.8, 4) is 5.75 Å². The van der Waals surface area contributed by atoms with Crippen molar-refractivity contribution in [2.45, 2.75) is 25.9 Å². The van der Waals surface area contributed by atoms with Crippen LogP contribution in [-0.2, 0) is 13.1 Å². The lowest BCUT2D eigenvalue weighted by Crippen LogP contribution is -2.24. The molecule has 0 aliphatic heterocycles. The molecule has 0 bridgehead atoms. The standard InChI is InChI=1S/C24H24N4O2/c29-24(19-12-14-25-15-13-19)26-18-23-27-21-10-4-5-11-22(21)28(23)16-6-7-17-30-20-8-2-1-3-9-20/h1-5,8-15H,6-7,16-18H2,(H,26,29). The summed E-state index contributed by atoms with van der Waals surface area (Å²) in [4.78, 5) is 21.1. The van der Waals surface area contributed by atoms with E-state index in [4.69, 9.17) is 9.72 Å². The van der Waals surface area contributed by atoms with Gasteiger partial charge in [0.05, 0.1) is 24.2 Å². The Bertz CT molecular complexity index is 1090. The van der Waals surface area contributed by atoms with Gasteiger partial charge >= 0.3 is 0 Å². The summed E-state index contributed by atoms with van der Waals surface area (Å²) < 4.78 is 7.97. The largest absolute Gasteiger partial charge is 0.494 e. The quantitative estimate of drug-likeness (QED) is 0.427. The van der Waals surface area contributed by atoms with Gasteiger partial charge in [0.15, 0.2) is 0 Å². The van der Waals surface area contributed by atoms with E-state index in [1.807, 2.05) is 48.5 Å². The maximum Gasteiger partial charge on any atom is 0.251 e. The number of benzene rings is 2. The number of imidazole rings is 1. The molecule has 0 saturated carbocycles. The third kappa shape index (κ3) is 4.84. The zero-order valence-corrected chi connectivity index (χ0v) is 16.7. The first-order valence-corrected chi connectivity index (χ1v) is 10.1. The van der Waals surface area contributed by atoms with Gasteiger partial charge in [-0.2, -0.15) is 0 Å². The summed E-state index contributed by atoms with van der Waals surface area (Å²) in [5.74, 6) is 1.61. The number of ether oxygens (including phenoxy) is 1. The van der Waals surface area contributed by atoms with Crippen LogP contribution in [0.3, 0.4) is 0 Å². The van der Waals surface area contributed by atoms with E-state index in [0.717, 1.165) is 42.0 Å². The monoisotopic (exact) mass is 400 g/mol. The minimum atomic E-state index is -0.132. The number of aromatic nitrogens is 3. The van der Waals surface area contributed by atoms with E-state index in [-0.39, 0.29) is 5.91 Å². The van der Waals surface area contributed by atoms with Crippen LogP contribution in [0.4, 0.5) is 0 Å². The van der Waals surface area contributed by atoms with Gasteiger partial charge in [-0.05, 0) is 49.2 Å². The number of amides is 1. The van der Waals surface area contributed by atoms with Gasteiger partial charge in [0.25, 0.3) is 5.91 Å². The number of para-hydroxylation sites is 3. The number of pyridine rings is 1. The summed E-state index contributed by atoms with van der Waals surface area (Å²) in [5.41, 5.74) is 2.60. The second-order valence-corrected chi connectivity index (χ2v) is 6.96. The summed E-state index contributed by atoms with van der Waals surface area (Å²) >= 11 is 0. The molecule has 2 heterocycles. The van der Waals surface area contributed by atoms with Crippen LogP contribution in [0.2, 0.25) is 0 Å². The number of rotatable bonds is 9. The maximum absolute atomic E-state index is 12.4. The van der Waals surface area contributed by atoms with Crippen molar-refractivity contribution in [2.75, 3.05) is 6.61 Å². The molecule has 0 saturated heterocycles. The Morgan fingerprint density at radius 3 is 2.53 bits per heavy atom. The number of fused-ring (bicyclic) bond motifs is 1. The average molecular weight is 400 g/mol. The lowest BCUT2D eigenvalue weighted by Gasteiger charge is -2.11. The fourth-order valence-corrected chi connectivity index (χ4v) is 3.35. The molecule has 0 spiro atoms. The molecule has 1 N–H and O–H groups in total. The minimum Gasteiger partial charge on any atom is -0.494 e. The molecule has 4 aromatic rings. The molecule has 0 aliphatic rings. The number of carbonyl (C=O) groups excluding carboxylic acids is 1. The SMILES string of the molecule is O=C(NCc1nc2ccccc2n1CCCCOc1ccccc1)c1ccncc1. The van der Waals surface area contributed by atoms with Crippen LogP contribution < -0.4 is 10.1 Å². The smallest absolute Gasteiger partial charge is 0.251 e. The van der Waals surface area contributed by atoms with Crippen LogP contribution in [0.1, 0.15) is 29.0 Å². The van der Waals surface area contributed by atoms with Crippen molar-refractivity contribution in [2.24, 2.45) is 0 Å². The summed E-state index contributed by atoms with van der Waals surface area (Å²) in [6.45, 7) is 1.86. The van der Waals surface area contributed by atoms with Gasteiger partial charge in [0.1, 0.15) is 11.6 Å². The van der Waals surface area contributed by atoms with E-state index in [0.29, 0.717) is 18.7 Å². The Morgan fingerprint density at radius 2 is 1.70 bits per heavy atom. The summed E-state index contributed by atoms with van der Waals surface area (Å²) in [6, 6.07) is 21.3. The molecular formula is C24H24N4O2. The van der Waals surface area contributed by atoms with E-state index >= 15 is 0 Å². The predicted octanol–water partition coefficient (Wildman–Crippen LogP) is 4.22. The van der Waals surface area contributed by atoms with Crippen LogP contribution in [0.25, 0.3) is 11.0 Å². The van der Waals surface area contributed by atoms with Gasteiger partial charge < -0.3 is 14.6 Å². The molecule has 30 heavy (non-hydrogen) atoms. The van der Waals surface area contributed by atoms with E-state index in [9.17, 15) is 4.79 Å². The summed E-state index contributed by atoms with van der Waals surface area (Å²) in [7, 11) is 0. The lowest BCUT2D eigenvalue weighted by atomic mass is 10.2. The molecule has 0 radical (unpaired) electrons. The predicted molar refractivity (Wildman–Crippen MR) is 116 cm³/mol. The molecule has 152 valence electrons. The molecule has 0 fully saturated rings. The Labute approximate surface area is 175 Å². The first kappa shape index (κ1) is 19.6. The summed E-state index contributed by atoms with van der Waals surface area (Å²) in [5, 5.41) is 2.96. The molecule has 1 amide bonds.